The number of piperidine rings is 1. The second-order valence-electron chi connectivity index (χ2n) is 5.11. The fourth-order valence-electron chi connectivity index (χ4n) is 2.69. The van der Waals surface area contributed by atoms with Crippen LogP contribution in [0.1, 0.15) is 38.4 Å². The predicted molar refractivity (Wildman–Crippen MR) is 73.3 cm³/mol. The van der Waals surface area contributed by atoms with Crippen LogP contribution in [-0.4, -0.2) is 41.0 Å². The SMILES string of the molecule is CCN(CC1CCCNC1)C(C)c1cnccn1. The van der Waals surface area contributed by atoms with Gasteiger partial charge < -0.3 is 5.32 Å². The van der Waals surface area contributed by atoms with Gasteiger partial charge in [-0.2, -0.15) is 0 Å². The van der Waals surface area contributed by atoms with Gasteiger partial charge in [0.15, 0.2) is 0 Å². The zero-order chi connectivity index (χ0) is 12.8. The van der Waals surface area contributed by atoms with Crippen LogP contribution in [0.3, 0.4) is 0 Å². The van der Waals surface area contributed by atoms with Gasteiger partial charge in [-0.05, 0) is 45.3 Å². The maximum absolute atomic E-state index is 4.42. The monoisotopic (exact) mass is 248 g/mol. The molecule has 0 aliphatic carbocycles. The number of aromatic nitrogens is 2. The van der Waals surface area contributed by atoms with Crippen molar-refractivity contribution in [3.63, 3.8) is 0 Å². The second-order valence-corrected chi connectivity index (χ2v) is 5.11. The average molecular weight is 248 g/mol. The van der Waals surface area contributed by atoms with Crippen LogP contribution >= 0.6 is 0 Å². The van der Waals surface area contributed by atoms with Crippen LogP contribution in [-0.2, 0) is 0 Å². The van der Waals surface area contributed by atoms with Gasteiger partial charge in [0, 0.05) is 25.1 Å². The Morgan fingerprint density at radius 1 is 1.50 bits per heavy atom. The molecule has 4 heteroatoms. The predicted octanol–water partition coefficient (Wildman–Crippen LogP) is 1.86. The van der Waals surface area contributed by atoms with E-state index in [2.05, 4.69) is 34.0 Å². The van der Waals surface area contributed by atoms with Gasteiger partial charge in [-0.3, -0.25) is 14.9 Å². The molecule has 2 atom stereocenters. The first kappa shape index (κ1) is 13.4. The third-order valence-electron chi connectivity index (χ3n) is 3.86. The molecule has 0 aromatic carbocycles. The van der Waals surface area contributed by atoms with Crippen LogP contribution in [0, 0.1) is 5.92 Å². The summed E-state index contributed by atoms with van der Waals surface area (Å²) in [6, 6.07) is 0.352. The van der Waals surface area contributed by atoms with E-state index in [4.69, 9.17) is 0 Å². The van der Waals surface area contributed by atoms with Crippen LogP contribution in [0.2, 0.25) is 0 Å². The van der Waals surface area contributed by atoms with E-state index in [1.54, 1.807) is 12.4 Å². The van der Waals surface area contributed by atoms with Crippen LogP contribution in [0.5, 0.6) is 0 Å². The summed E-state index contributed by atoms with van der Waals surface area (Å²) in [5, 5.41) is 3.49. The van der Waals surface area contributed by atoms with E-state index in [-0.39, 0.29) is 0 Å². The lowest BCUT2D eigenvalue weighted by atomic mass is 9.98. The van der Waals surface area contributed by atoms with E-state index in [9.17, 15) is 0 Å². The molecule has 2 heterocycles. The van der Waals surface area contributed by atoms with Crippen LogP contribution in [0.25, 0.3) is 0 Å². The van der Waals surface area contributed by atoms with Gasteiger partial charge >= 0.3 is 0 Å². The molecule has 1 N–H and O–H groups in total. The summed E-state index contributed by atoms with van der Waals surface area (Å²) < 4.78 is 0. The fraction of sp³-hybridized carbons (Fsp3) is 0.714. The van der Waals surface area contributed by atoms with E-state index >= 15 is 0 Å². The van der Waals surface area contributed by atoms with Gasteiger partial charge in [-0.25, -0.2) is 0 Å². The van der Waals surface area contributed by atoms with Crippen molar-refractivity contribution in [2.75, 3.05) is 26.2 Å². The molecule has 0 bridgehead atoms. The van der Waals surface area contributed by atoms with Gasteiger partial charge in [-0.15, -0.1) is 0 Å². The minimum atomic E-state index is 0.352. The summed E-state index contributed by atoms with van der Waals surface area (Å²) in [5.74, 6) is 0.776. The van der Waals surface area contributed by atoms with Gasteiger partial charge in [0.25, 0.3) is 0 Å². The van der Waals surface area contributed by atoms with Crippen LogP contribution in [0.4, 0.5) is 0 Å². The van der Waals surface area contributed by atoms with Crippen LogP contribution < -0.4 is 5.32 Å². The molecule has 0 spiro atoms. The van der Waals surface area contributed by atoms with Gasteiger partial charge in [0.05, 0.1) is 11.7 Å². The van der Waals surface area contributed by atoms with Gasteiger partial charge in [0.1, 0.15) is 0 Å². The maximum atomic E-state index is 4.42. The van der Waals surface area contributed by atoms with Crippen molar-refractivity contribution in [2.45, 2.75) is 32.7 Å². The number of hydrogen-bond donors (Lipinski definition) is 1. The first-order valence-electron chi connectivity index (χ1n) is 7.02. The largest absolute Gasteiger partial charge is 0.316 e. The van der Waals surface area contributed by atoms with Crippen molar-refractivity contribution in [3.05, 3.63) is 24.3 Å². The van der Waals surface area contributed by atoms with Gasteiger partial charge in [-0.1, -0.05) is 6.92 Å². The third kappa shape index (κ3) is 3.50. The Hall–Kier alpha value is -1.00. The third-order valence-corrected chi connectivity index (χ3v) is 3.86. The smallest absolute Gasteiger partial charge is 0.0755 e. The summed E-state index contributed by atoms with van der Waals surface area (Å²) in [4.78, 5) is 11.1. The lowest BCUT2D eigenvalue weighted by Gasteiger charge is -2.33. The second kappa shape index (κ2) is 6.81. The minimum Gasteiger partial charge on any atom is -0.316 e. The first-order chi connectivity index (χ1) is 8.81. The number of hydrogen-bond acceptors (Lipinski definition) is 4. The molecule has 1 saturated heterocycles. The molecule has 1 aromatic heterocycles. The number of rotatable bonds is 5. The van der Waals surface area contributed by atoms with E-state index in [0.717, 1.165) is 31.2 Å². The number of nitrogens with zero attached hydrogens (tertiary/aromatic N) is 3. The normalized spacial score (nSPS) is 22.1. The summed E-state index contributed by atoms with van der Waals surface area (Å²) >= 11 is 0. The molecular formula is C14H24N4. The molecule has 0 saturated carbocycles. The Labute approximate surface area is 110 Å². The quantitative estimate of drug-likeness (QED) is 0.863. The highest BCUT2D eigenvalue weighted by Crippen LogP contribution is 2.20. The molecule has 4 nitrogen and oxygen atoms in total. The molecule has 0 amide bonds. The van der Waals surface area contributed by atoms with Gasteiger partial charge in [0.2, 0.25) is 0 Å². The lowest BCUT2D eigenvalue weighted by molar-refractivity contribution is 0.168. The zero-order valence-electron chi connectivity index (χ0n) is 11.5. The molecule has 2 rings (SSSR count). The maximum Gasteiger partial charge on any atom is 0.0755 e. The number of nitrogens with one attached hydrogen (secondary N) is 1. The highest BCUT2D eigenvalue weighted by Gasteiger charge is 2.21. The zero-order valence-corrected chi connectivity index (χ0v) is 11.5. The average Bonchev–Trinajstić information content (AvgIpc) is 2.46. The Kier molecular flexibility index (Phi) is 5.08. The van der Waals surface area contributed by atoms with Crippen molar-refractivity contribution < 1.29 is 0 Å². The van der Waals surface area contributed by atoms with Crippen molar-refractivity contribution in [1.29, 1.82) is 0 Å². The highest BCUT2D eigenvalue weighted by atomic mass is 15.2. The molecular weight excluding hydrogens is 224 g/mol. The molecule has 18 heavy (non-hydrogen) atoms. The van der Waals surface area contributed by atoms with Crippen molar-refractivity contribution in [1.82, 2.24) is 20.2 Å². The summed E-state index contributed by atoms with van der Waals surface area (Å²) in [6.45, 7) is 9.01. The fourth-order valence-corrected chi connectivity index (χ4v) is 2.69. The summed E-state index contributed by atoms with van der Waals surface area (Å²) in [6.07, 6.45) is 8.05. The minimum absolute atomic E-state index is 0.352. The summed E-state index contributed by atoms with van der Waals surface area (Å²) in [5.41, 5.74) is 1.07. The Bertz CT molecular complexity index is 335. The van der Waals surface area contributed by atoms with E-state index in [0.29, 0.717) is 6.04 Å². The standard InChI is InChI=1S/C14H24N4/c1-3-18(11-13-5-4-6-15-9-13)12(2)14-10-16-7-8-17-14/h7-8,10,12-13,15H,3-6,9,11H2,1-2H3. The molecule has 100 valence electrons. The highest BCUT2D eigenvalue weighted by molar-refractivity contribution is 5.01. The van der Waals surface area contributed by atoms with Crippen molar-refractivity contribution in [2.24, 2.45) is 5.92 Å². The lowest BCUT2D eigenvalue weighted by Crippen LogP contribution is -2.39. The molecule has 1 aliphatic heterocycles. The van der Waals surface area contributed by atoms with Crippen molar-refractivity contribution in [3.8, 4) is 0 Å². The van der Waals surface area contributed by atoms with Crippen molar-refractivity contribution >= 4 is 0 Å². The Morgan fingerprint density at radius 2 is 2.39 bits per heavy atom. The molecule has 2 unspecified atom stereocenters. The van der Waals surface area contributed by atoms with E-state index in [1.807, 2.05) is 6.20 Å². The molecule has 1 fully saturated rings. The van der Waals surface area contributed by atoms with Crippen LogP contribution in [0.15, 0.2) is 18.6 Å². The van der Waals surface area contributed by atoms with E-state index < -0.39 is 0 Å². The Morgan fingerprint density at radius 3 is 3.00 bits per heavy atom. The first-order valence-corrected chi connectivity index (χ1v) is 7.02. The molecule has 1 aliphatic rings. The molecule has 0 radical (unpaired) electrons. The Balaban J connectivity index is 1.95. The topological polar surface area (TPSA) is 41.0 Å². The van der Waals surface area contributed by atoms with E-state index in [1.165, 1.54) is 19.4 Å². The molecule has 1 aromatic rings. The summed E-state index contributed by atoms with van der Waals surface area (Å²) in [7, 11) is 0.